The highest BCUT2D eigenvalue weighted by molar-refractivity contribution is 5.91. The average Bonchev–Trinajstić information content (AvgIpc) is 3.89. The number of alkyl halides is 4. The van der Waals surface area contributed by atoms with E-state index in [2.05, 4.69) is 20.0 Å². The normalized spacial score (nSPS) is 26.1. The summed E-state index contributed by atoms with van der Waals surface area (Å²) in [7, 11) is 1.89. The van der Waals surface area contributed by atoms with Crippen LogP contribution in [0.15, 0.2) is 16.7 Å². The van der Waals surface area contributed by atoms with Crippen molar-refractivity contribution >= 4 is 23.6 Å². The van der Waals surface area contributed by atoms with Crippen molar-refractivity contribution in [1.29, 1.82) is 0 Å². The fourth-order valence-electron chi connectivity index (χ4n) is 8.71. The van der Waals surface area contributed by atoms with Gasteiger partial charge in [0.25, 0.3) is 5.89 Å². The number of hydrogen-bond acceptors (Lipinski definition) is 12. The molecule has 5 atom stereocenters. The molecule has 0 spiro atoms. The highest BCUT2D eigenvalue weighted by Gasteiger charge is 2.50. The molecule has 1 amide bonds. The van der Waals surface area contributed by atoms with Crippen LogP contribution in [0.4, 0.5) is 29.2 Å². The molecule has 3 saturated heterocycles. The molecule has 4 aliphatic rings. The maximum atomic E-state index is 14.6. The van der Waals surface area contributed by atoms with Crippen molar-refractivity contribution in [1.82, 2.24) is 34.9 Å². The van der Waals surface area contributed by atoms with Gasteiger partial charge in [0, 0.05) is 62.8 Å². The van der Waals surface area contributed by atoms with Gasteiger partial charge in [0.05, 0.1) is 22.5 Å². The first-order chi connectivity index (χ1) is 25.4. The molecule has 0 radical (unpaired) electrons. The molecule has 6 heterocycles. The molecule has 3 aromatic rings. The van der Waals surface area contributed by atoms with Crippen molar-refractivity contribution in [3.8, 4) is 6.01 Å². The van der Waals surface area contributed by atoms with Gasteiger partial charge in [-0.05, 0) is 77.0 Å². The van der Waals surface area contributed by atoms with E-state index < -0.39 is 35.0 Å². The van der Waals surface area contributed by atoms with Crippen LogP contribution in [0.1, 0.15) is 92.2 Å². The number of likely N-dealkylation sites (tertiary alicyclic amines) is 1. The lowest BCUT2D eigenvalue weighted by molar-refractivity contribution is -0.139. The molecule has 17 heteroatoms. The van der Waals surface area contributed by atoms with E-state index in [9.17, 15) is 27.5 Å². The number of fused-ring (bicyclic) bond motifs is 2. The van der Waals surface area contributed by atoms with Gasteiger partial charge in [-0.2, -0.15) is 28.1 Å². The smallest absolute Gasteiger partial charge is 0.418 e. The fraction of sp³-hybridized carbons (Fsp3) is 0.622. The van der Waals surface area contributed by atoms with Crippen LogP contribution >= 0.6 is 0 Å². The molecule has 3 fully saturated rings. The second-order valence-corrected chi connectivity index (χ2v) is 15.9. The summed E-state index contributed by atoms with van der Waals surface area (Å²) in [5, 5.41) is 13.9. The Morgan fingerprint density at radius 2 is 1.96 bits per heavy atom. The predicted octanol–water partition coefficient (Wildman–Crippen LogP) is 4.62. The third-order valence-electron chi connectivity index (χ3n) is 11.5. The number of ether oxygens (including phenoxy) is 1. The van der Waals surface area contributed by atoms with E-state index >= 15 is 0 Å². The zero-order chi connectivity index (χ0) is 38.7. The van der Waals surface area contributed by atoms with Gasteiger partial charge in [0.2, 0.25) is 11.7 Å². The molecule has 3 N–H and O–H groups in total. The zero-order valence-corrected chi connectivity index (χ0v) is 31.2. The molecule has 7 rings (SSSR count). The Bertz CT molecular complexity index is 1930. The van der Waals surface area contributed by atoms with Gasteiger partial charge >= 0.3 is 12.2 Å². The summed E-state index contributed by atoms with van der Waals surface area (Å²) in [5.41, 5.74) is 4.78. The largest absolute Gasteiger partial charge is 0.461 e. The lowest BCUT2D eigenvalue weighted by Crippen LogP contribution is -2.43. The monoisotopic (exact) mass is 757 g/mol. The lowest BCUT2D eigenvalue weighted by atomic mass is 9.75. The number of nitrogens with zero attached hydrogens (tertiary/aromatic N) is 8. The third-order valence-corrected chi connectivity index (χ3v) is 11.5. The Kier molecular flexibility index (Phi) is 9.86. The van der Waals surface area contributed by atoms with E-state index in [0.29, 0.717) is 50.4 Å². The van der Waals surface area contributed by atoms with E-state index in [1.807, 2.05) is 18.9 Å². The number of likely N-dealkylation sites (N-methyl/N-ethyl adjacent to an activating group) is 1. The topological polar surface area (TPSA) is 160 Å². The van der Waals surface area contributed by atoms with Crippen LogP contribution < -0.4 is 15.4 Å². The van der Waals surface area contributed by atoms with Crippen molar-refractivity contribution in [2.45, 2.75) is 102 Å². The summed E-state index contributed by atoms with van der Waals surface area (Å²) < 4.78 is 69.4. The molecule has 13 nitrogen and oxygen atoms in total. The van der Waals surface area contributed by atoms with Crippen molar-refractivity contribution in [2.75, 3.05) is 50.5 Å². The van der Waals surface area contributed by atoms with Crippen molar-refractivity contribution < 1.29 is 36.7 Å². The zero-order valence-electron chi connectivity index (χ0n) is 31.2. The maximum absolute atomic E-state index is 14.6. The van der Waals surface area contributed by atoms with Gasteiger partial charge in [0.15, 0.2) is 0 Å². The summed E-state index contributed by atoms with van der Waals surface area (Å²) in [6.45, 7) is 8.55. The van der Waals surface area contributed by atoms with Crippen LogP contribution in [0.3, 0.4) is 0 Å². The number of pyridine rings is 1. The second-order valence-electron chi connectivity index (χ2n) is 15.9. The number of anilines is 2. The lowest BCUT2D eigenvalue weighted by Gasteiger charge is -2.36. The molecule has 0 unspecified atom stereocenters. The summed E-state index contributed by atoms with van der Waals surface area (Å²) in [5.74, 6) is -0.357. The number of hydrogen-bond donors (Lipinski definition) is 2. The number of nitrogen functional groups attached to an aromatic ring is 1. The number of aliphatic hydroxyl groups is 1. The van der Waals surface area contributed by atoms with Gasteiger partial charge in [0.1, 0.15) is 30.0 Å². The number of carbonyl (C=O) groups is 1. The highest BCUT2D eigenvalue weighted by atomic mass is 19.4. The minimum atomic E-state index is -4.63. The van der Waals surface area contributed by atoms with Crippen LogP contribution in [0, 0.1) is 12.8 Å². The first-order valence-electron chi connectivity index (χ1n) is 18.4. The van der Waals surface area contributed by atoms with Crippen molar-refractivity contribution in [2.24, 2.45) is 5.92 Å². The predicted molar refractivity (Wildman–Crippen MR) is 190 cm³/mol. The van der Waals surface area contributed by atoms with Gasteiger partial charge in [-0.3, -0.25) is 9.69 Å². The Balaban J connectivity index is 1.17. The molecule has 1 aliphatic carbocycles. The first-order valence-corrected chi connectivity index (χ1v) is 18.4. The van der Waals surface area contributed by atoms with E-state index in [1.54, 1.807) is 4.90 Å². The van der Waals surface area contributed by atoms with Gasteiger partial charge in [-0.1, -0.05) is 12.1 Å². The van der Waals surface area contributed by atoms with Crippen LogP contribution in [0.2, 0.25) is 0 Å². The average molecular weight is 758 g/mol. The number of aromatic nitrogens is 5. The number of nitrogens with two attached hydrogens (primary N) is 1. The maximum Gasteiger partial charge on any atom is 0.418 e. The van der Waals surface area contributed by atoms with E-state index in [-0.39, 0.29) is 65.7 Å². The molecule has 0 saturated carbocycles. The van der Waals surface area contributed by atoms with E-state index in [1.165, 1.54) is 39.0 Å². The standard InChI is InChI=1S/C37H47F4N9O4/c1-20-13-25-26(15-24(20)31-30(37(39,40)41)21(2)14-27(42)44-31)43-34(53-19-36-10-6-11-50(36)17-22(38)16-36)46-32(25)48(5)23-9-12-49(18-23)29(51)8-7-28-45-33(47-54-28)35(3,4)52/h7-8,14,20,22-24,52H,6,9-13,15-19H2,1-5H3,(H2,42,44)/b8-7+/t20-,22-,23-,24-,36+/m1/s1. The molecular weight excluding hydrogens is 710 g/mol. The first kappa shape index (κ1) is 37.9. The molecule has 292 valence electrons. The summed E-state index contributed by atoms with van der Waals surface area (Å²) in [4.78, 5) is 37.1. The van der Waals surface area contributed by atoms with Gasteiger partial charge in [-0.15, -0.1) is 0 Å². The Morgan fingerprint density at radius 3 is 2.69 bits per heavy atom. The third kappa shape index (κ3) is 7.36. The summed E-state index contributed by atoms with van der Waals surface area (Å²) >= 11 is 0. The van der Waals surface area contributed by atoms with E-state index in [4.69, 9.17) is 25.0 Å². The number of rotatable bonds is 9. The number of halogens is 4. The SMILES string of the molecule is Cc1cc(N)nc([C@@H]2Cc3nc(OC[C@@]45CCCN4C[C@H](F)C5)nc(N(C)[C@@H]4CCN(C(=O)/C=C/c5nc(C(C)(C)O)no5)C4)c3C[C@H]2C)c1C(F)(F)F. The Labute approximate surface area is 311 Å². The second kappa shape index (κ2) is 14.0. The van der Waals surface area contributed by atoms with Crippen LogP contribution in [-0.4, -0.2) is 103 Å². The fourth-order valence-corrected chi connectivity index (χ4v) is 8.71. The van der Waals surface area contributed by atoms with Gasteiger partial charge in [-0.25, -0.2) is 9.37 Å². The molecule has 0 aromatic carbocycles. The molecular formula is C37H47F4N9O4. The number of amides is 1. The minimum Gasteiger partial charge on any atom is -0.461 e. The van der Waals surface area contributed by atoms with Crippen LogP contribution in [0.5, 0.6) is 6.01 Å². The molecule has 3 aliphatic heterocycles. The van der Waals surface area contributed by atoms with Crippen molar-refractivity contribution in [3.63, 3.8) is 0 Å². The summed E-state index contributed by atoms with van der Waals surface area (Å²) in [6.07, 6.45) is 0.437. The molecule has 0 bridgehead atoms. The minimum absolute atomic E-state index is 0.0179. The molecule has 54 heavy (non-hydrogen) atoms. The Hall–Kier alpha value is -4.38. The quantitative estimate of drug-likeness (QED) is 0.231. The van der Waals surface area contributed by atoms with Crippen LogP contribution in [0.25, 0.3) is 6.08 Å². The van der Waals surface area contributed by atoms with Crippen molar-refractivity contribution in [3.05, 3.63) is 51.9 Å². The number of carbonyl (C=O) groups excluding carboxylic acids is 1. The van der Waals surface area contributed by atoms with E-state index in [0.717, 1.165) is 24.9 Å². The number of aryl methyl sites for hydroxylation is 1. The summed E-state index contributed by atoms with van der Waals surface area (Å²) in [6, 6.07) is 1.18. The highest BCUT2D eigenvalue weighted by Crippen LogP contribution is 2.46. The van der Waals surface area contributed by atoms with Gasteiger partial charge < -0.3 is 29.9 Å². The molecule has 3 aromatic heterocycles. The Morgan fingerprint density at radius 1 is 1.19 bits per heavy atom. The van der Waals surface area contributed by atoms with Crippen LogP contribution in [-0.2, 0) is 29.4 Å².